The smallest absolute Gasteiger partial charge is 0.130 e. The van der Waals surface area contributed by atoms with E-state index in [0.29, 0.717) is 5.82 Å². The van der Waals surface area contributed by atoms with Crippen LogP contribution in [-0.4, -0.2) is 20.2 Å². The lowest BCUT2D eigenvalue weighted by molar-refractivity contribution is 0.720. The molecule has 4 nitrogen and oxygen atoms in total. The Kier molecular flexibility index (Phi) is 3.41. The third-order valence-corrected chi connectivity index (χ3v) is 3.65. The van der Waals surface area contributed by atoms with Gasteiger partial charge < -0.3 is 0 Å². The van der Waals surface area contributed by atoms with Crippen molar-refractivity contribution >= 4 is 0 Å². The molecule has 0 saturated carbocycles. The standard InChI is InChI=1S/C19H14N4/c1-3-9-15(10-4-1)17-13-7-8-14-18(17)19-20-22-23(21-19)16-11-5-2-6-12-16/h1-14H. The Bertz CT molecular complexity index is 914. The Morgan fingerprint density at radius 2 is 1.22 bits per heavy atom. The molecule has 4 aromatic rings. The lowest BCUT2D eigenvalue weighted by Gasteiger charge is -2.06. The van der Waals surface area contributed by atoms with Crippen molar-refractivity contribution in [2.24, 2.45) is 0 Å². The molecular weight excluding hydrogens is 284 g/mol. The van der Waals surface area contributed by atoms with Crippen molar-refractivity contribution < 1.29 is 0 Å². The number of para-hydroxylation sites is 1. The molecule has 0 aliphatic carbocycles. The van der Waals surface area contributed by atoms with Gasteiger partial charge in [0.1, 0.15) is 0 Å². The van der Waals surface area contributed by atoms with E-state index in [2.05, 4.69) is 33.6 Å². The normalized spacial score (nSPS) is 10.6. The molecule has 0 saturated heterocycles. The van der Waals surface area contributed by atoms with Crippen LogP contribution in [0.4, 0.5) is 0 Å². The van der Waals surface area contributed by atoms with Gasteiger partial charge in [-0.3, -0.25) is 0 Å². The highest BCUT2D eigenvalue weighted by atomic mass is 15.6. The summed E-state index contributed by atoms with van der Waals surface area (Å²) in [5.41, 5.74) is 4.10. The Morgan fingerprint density at radius 3 is 1.96 bits per heavy atom. The molecule has 0 bridgehead atoms. The van der Waals surface area contributed by atoms with Crippen molar-refractivity contribution in [3.63, 3.8) is 0 Å². The van der Waals surface area contributed by atoms with Crippen molar-refractivity contribution in [2.75, 3.05) is 0 Å². The van der Waals surface area contributed by atoms with Gasteiger partial charge in [-0.2, -0.15) is 0 Å². The van der Waals surface area contributed by atoms with Gasteiger partial charge in [-0.1, -0.05) is 72.8 Å². The van der Waals surface area contributed by atoms with Crippen molar-refractivity contribution in [3.8, 4) is 28.2 Å². The third-order valence-electron chi connectivity index (χ3n) is 3.65. The topological polar surface area (TPSA) is 43.6 Å². The molecule has 0 aliphatic heterocycles. The molecule has 0 unspecified atom stereocenters. The predicted molar refractivity (Wildman–Crippen MR) is 90.0 cm³/mol. The van der Waals surface area contributed by atoms with Crippen LogP contribution >= 0.6 is 0 Å². The first-order valence-corrected chi connectivity index (χ1v) is 7.42. The van der Waals surface area contributed by atoms with Crippen molar-refractivity contribution in [2.45, 2.75) is 0 Å². The average molecular weight is 298 g/mol. The van der Waals surface area contributed by atoms with Crippen LogP contribution in [0.5, 0.6) is 0 Å². The zero-order valence-electron chi connectivity index (χ0n) is 12.4. The third kappa shape index (κ3) is 2.62. The molecule has 0 N–H and O–H groups in total. The lowest BCUT2D eigenvalue weighted by Crippen LogP contribution is -1.98. The van der Waals surface area contributed by atoms with E-state index in [1.165, 1.54) is 0 Å². The summed E-state index contributed by atoms with van der Waals surface area (Å²) in [6, 6.07) is 28.1. The van der Waals surface area contributed by atoms with Gasteiger partial charge in [0.2, 0.25) is 5.82 Å². The second-order valence-corrected chi connectivity index (χ2v) is 5.15. The highest BCUT2D eigenvalue weighted by molar-refractivity contribution is 5.80. The SMILES string of the molecule is c1ccc(-c2ccccc2-c2nnn(-c3ccccc3)n2)cc1. The minimum atomic E-state index is 0.619. The fourth-order valence-corrected chi connectivity index (χ4v) is 2.54. The molecule has 1 heterocycles. The molecule has 0 spiro atoms. The highest BCUT2D eigenvalue weighted by Crippen LogP contribution is 2.29. The summed E-state index contributed by atoms with van der Waals surface area (Å²) in [6.07, 6.45) is 0. The van der Waals surface area contributed by atoms with Gasteiger partial charge in [0.05, 0.1) is 5.69 Å². The van der Waals surface area contributed by atoms with Gasteiger partial charge in [-0.25, -0.2) is 0 Å². The summed E-state index contributed by atoms with van der Waals surface area (Å²) in [4.78, 5) is 1.55. The number of hydrogen-bond donors (Lipinski definition) is 0. The Balaban J connectivity index is 1.79. The summed E-state index contributed by atoms with van der Waals surface area (Å²) in [6.45, 7) is 0. The Labute approximate surface area is 134 Å². The molecule has 110 valence electrons. The van der Waals surface area contributed by atoms with E-state index < -0.39 is 0 Å². The van der Waals surface area contributed by atoms with Gasteiger partial charge in [-0.05, 0) is 28.5 Å². The van der Waals surface area contributed by atoms with Crippen molar-refractivity contribution in [1.29, 1.82) is 0 Å². The second-order valence-electron chi connectivity index (χ2n) is 5.15. The molecule has 23 heavy (non-hydrogen) atoms. The summed E-state index contributed by atoms with van der Waals surface area (Å²) >= 11 is 0. The first-order valence-electron chi connectivity index (χ1n) is 7.42. The van der Waals surface area contributed by atoms with Crippen molar-refractivity contribution in [1.82, 2.24) is 20.2 Å². The fraction of sp³-hybridized carbons (Fsp3) is 0. The first kappa shape index (κ1) is 13.4. The Morgan fingerprint density at radius 1 is 0.609 bits per heavy atom. The largest absolute Gasteiger partial charge is 0.205 e. The van der Waals surface area contributed by atoms with E-state index in [1.54, 1.807) is 4.80 Å². The first-order chi connectivity index (χ1) is 11.4. The monoisotopic (exact) mass is 298 g/mol. The zero-order valence-corrected chi connectivity index (χ0v) is 12.4. The maximum Gasteiger partial charge on any atom is 0.205 e. The minimum Gasteiger partial charge on any atom is -0.130 e. The maximum atomic E-state index is 4.53. The summed E-state index contributed by atoms with van der Waals surface area (Å²) < 4.78 is 0. The number of benzene rings is 3. The summed E-state index contributed by atoms with van der Waals surface area (Å²) in [5.74, 6) is 0.619. The molecule has 0 radical (unpaired) electrons. The summed E-state index contributed by atoms with van der Waals surface area (Å²) in [7, 11) is 0. The van der Waals surface area contributed by atoms with Crippen LogP contribution in [-0.2, 0) is 0 Å². The molecule has 4 heteroatoms. The quantitative estimate of drug-likeness (QED) is 0.574. The number of aromatic nitrogens is 4. The number of tetrazole rings is 1. The van der Waals surface area contributed by atoms with Crippen molar-refractivity contribution in [3.05, 3.63) is 84.9 Å². The molecule has 0 aliphatic rings. The van der Waals surface area contributed by atoms with Gasteiger partial charge in [0.25, 0.3) is 0 Å². The van der Waals surface area contributed by atoms with Gasteiger partial charge in [0.15, 0.2) is 0 Å². The molecular formula is C19H14N4. The minimum absolute atomic E-state index is 0.619. The molecule has 0 amide bonds. The second kappa shape index (κ2) is 5.85. The number of rotatable bonds is 3. The molecule has 3 aromatic carbocycles. The lowest BCUT2D eigenvalue weighted by atomic mass is 9.99. The number of nitrogens with zero attached hydrogens (tertiary/aromatic N) is 4. The molecule has 0 fully saturated rings. The molecule has 0 atom stereocenters. The molecule has 1 aromatic heterocycles. The van der Waals surface area contributed by atoms with E-state index >= 15 is 0 Å². The summed E-state index contributed by atoms with van der Waals surface area (Å²) in [5, 5.41) is 12.9. The molecule has 4 rings (SSSR count). The van der Waals surface area contributed by atoms with E-state index in [0.717, 1.165) is 22.4 Å². The fourth-order valence-electron chi connectivity index (χ4n) is 2.54. The predicted octanol–water partition coefficient (Wildman–Crippen LogP) is 4.00. The van der Waals surface area contributed by atoms with Crippen LogP contribution < -0.4 is 0 Å². The van der Waals surface area contributed by atoms with Crippen LogP contribution in [0.2, 0.25) is 0 Å². The number of hydrogen-bond acceptors (Lipinski definition) is 3. The highest BCUT2D eigenvalue weighted by Gasteiger charge is 2.12. The zero-order chi connectivity index (χ0) is 15.5. The van der Waals surface area contributed by atoms with Crippen LogP contribution in [0.3, 0.4) is 0 Å². The van der Waals surface area contributed by atoms with Gasteiger partial charge >= 0.3 is 0 Å². The van der Waals surface area contributed by atoms with Gasteiger partial charge in [0, 0.05) is 5.56 Å². The van der Waals surface area contributed by atoms with Crippen LogP contribution in [0.25, 0.3) is 28.2 Å². The maximum absolute atomic E-state index is 4.53. The van der Waals surface area contributed by atoms with E-state index in [1.807, 2.05) is 66.7 Å². The van der Waals surface area contributed by atoms with Crippen LogP contribution in [0, 0.1) is 0 Å². The van der Waals surface area contributed by atoms with E-state index in [4.69, 9.17) is 0 Å². The van der Waals surface area contributed by atoms with Gasteiger partial charge in [-0.15, -0.1) is 15.0 Å². The van der Waals surface area contributed by atoms with E-state index in [9.17, 15) is 0 Å². The van der Waals surface area contributed by atoms with Crippen LogP contribution in [0.15, 0.2) is 84.9 Å². The van der Waals surface area contributed by atoms with Crippen LogP contribution in [0.1, 0.15) is 0 Å². The average Bonchev–Trinajstić information content (AvgIpc) is 3.13. The van der Waals surface area contributed by atoms with E-state index in [-0.39, 0.29) is 0 Å². The Hall–Kier alpha value is -3.27.